The predicted octanol–water partition coefficient (Wildman–Crippen LogP) is 3.56. The Morgan fingerprint density at radius 3 is 2.50 bits per heavy atom. The lowest BCUT2D eigenvalue weighted by Gasteiger charge is -2.10. The van der Waals surface area contributed by atoms with Crippen molar-refractivity contribution in [2.24, 2.45) is 0 Å². The number of carbonyl (C=O) groups is 1. The van der Waals surface area contributed by atoms with E-state index in [-0.39, 0.29) is 11.8 Å². The molecule has 0 aliphatic carbocycles. The molecule has 1 amide bonds. The van der Waals surface area contributed by atoms with Gasteiger partial charge in [-0.05, 0) is 47.2 Å². The molecule has 0 radical (unpaired) electrons. The zero-order chi connectivity index (χ0) is 15.9. The predicted molar refractivity (Wildman–Crippen MR) is 91.1 cm³/mol. The van der Waals surface area contributed by atoms with Crippen LogP contribution in [0.4, 0.5) is 10.5 Å². The molecule has 0 saturated carbocycles. The van der Waals surface area contributed by atoms with E-state index >= 15 is 0 Å². The second-order valence-electron chi connectivity index (χ2n) is 5.12. The largest absolute Gasteiger partial charge is 0.392 e. The van der Waals surface area contributed by atoms with E-state index in [1.807, 2.05) is 48.5 Å². The molecular weight excluding hydrogens is 296 g/mol. The van der Waals surface area contributed by atoms with E-state index in [1.165, 1.54) is 11.8 Å². The smallest absolute Gasteiger partial charge is 0.285 e. The fourth-order valence-corrected chi connectivity index (χ4v) is 2.51. The second kappa shape index (κ2) is 7.87. The molecule has 0 fully saturated rings. The normalized spacial score (nSPS) is 10.3. The first-order valence-corrected chi connectivity index (χ1v) is 7.82. The van der Waals surface area contributed by atoms with Crippen LogP contribution < -0.4 is 5.32 Å². The molecule has 22 heavy (non-hydrogen) atoms. The van der Waals surface area contributed by atoms with Gasteiger partial charge >= 0.3 is 0 Å². The van der Waals surface area contributed by atoms with Gasteiger partial charge in [-0.25, -0.2) is 0 Å². The Morgan fingerprint density at radius 2 is 1.86 bits per heavy atom. The van der Waals surface area contributed by atoms with Crippen LogP contribution >= 0.6 is 11.8 Å². The SMILES string of the molecule is CN(C)C(=O)Sc1ccc(CNc2cccc(CO)c2)cc1. The average molecular weight is 316 g/mol. The van der Waals surface area contributed by atoms with E-state index in [0.29, 0.717) is 6.54 Å². The van der Waals surface area contributed by atoms with Crippen LogP contribution in [0.15, 0.2) is 53.4 Å². The summed E-state index contributed by atoms with van der Waals surface area (Å²) in [6, 6.07) is 15.6. The number of hydrogen-bond acceptors (Lipinski definition) is 4. The Morgan fingerprint density at radius 1 is 1.14 bits per heavy atom. The maximum atomic E-state index is 11.6. The van der Waals surface area contributed by atoms with Crippen LogP contribution in [0, 0.1) is 0 Å². The van der Waals surface area contributed by atoms with Crippen molar-refractivity contribution < 1.29 is 9.90 Å². The Labute approximate surface area is 135 Å². The van der Waals surface area contributed by atoms with Crippen molar-refractivity contribution in [3.63, 3.8) is 0 Å². The Balaban J connectivity index is 1.92. The summed E-state index contributed by atoms with van der Waals surface area (Å²) in [6.45, 7) is 0.739. The Bertz CT molecular complexity index is 627. The summed E-state index contributed by atoms with van der Waals surface area (Å²) in [5.41, 5.74) is 3.00. The number of carbonyl (C=O) groups excluding carboxylic acids is 1. The number of benzene rings is 2. The molecule has 0 atom stereocenters. The fraction of sp³-hybridized carbons (Fsp3) is 0.235. The van der Waals surface area contributed by atoms with Crippen molar-refractivity contribution >= 4 is 22.7 Å². The lowest BCUT2D eigenvalue weighted by Crippen LogP contribution is -2.15. The van der Waals surface area contributed by atoms with E-state index in [4.69, 9.17) is 5.11 Å². The monoisotopic (exact) mass is 316 g/mol. The van der Waals surface area contributed by atoms with Crippen molar-refractivity contribution in [2.45, 2.75) is 18.0 Å². The minimum absolute atomic E-state index is 0.0201. The van der Waals surface area contributed by atoms with E-state index < -0.39 is 0 Å². The number of thioether (sulfide) groups is 1. The number of nitrogens with zero attached hydrogens (tertiary/aromatic N) is 1. The maximum Gasteiger partial charge on any atom is 0.285 e. The molecule has 0 aromatic heterocycles. The van der Waals surface area contributed by atoms with Crippen molar-refractivity contribution in [1.29, 1.82) is 0 Å². The highest BCUT2D eigenvalue weighted by Gasteiger charge is 2.06. The quantitative estimate of drug-likeness (QED) is 0.828. The van der Waals surface area contributed by atoms with Crippen LogP contribution in [0.5, 0.6) is 0 Å². The van der Waals surface area contributed by atoms with Crippen LogP contribution in [0.3, 0.4) is 0 Å². The van der Waals surface area contributed by atoms with E-state index in [2.05, 4.69) is 5.32 Å². The van der Waals surface area contributed by atoms with Crippen molar-refractivity contribution in [3.05, 3.63) is 59.7 Å². The zero-order valence-corrected chi connectivity index (χ0v) is 13.6. The molecule has 0 saturated heterocycles. The molecule has 0 heterocycles. The molecule has 2 rings (SSSR count). The molecule has 2 aromatic rings. The molecule has 0 aliphatic heterocycles. The molecule has 0 spiro atoms. The van der Waals surface area contributed by atoms with Gasteiger partial charge in [-0.3, -0.25) is 4.79 Å². The third-order valence-corrected chi connectivity index (χ3v) is 4.15. The van der Waals surface area contributed by atoms with Gasteiger partial charge in [0.15, 0.2) is 0 Å². The molecule has 2 aromatic carbocycles. The van der Waals surface area contributed by atoms with Crippen molar-refractivity contribution in [3.8, 4) is 0 Å². The molecule has 5 heteroatoms. The van der Waals surface area contributed by atoms with Crippen LogP contribution in [-0.4, -0.2) is 29.3 Å². The average Bonchev–Trinajstić information content (AvgIpc) is 2.54. The van der Waals surface area contributed by atoms with Crippen molar-refractivity contribution in [2.75, 3.05) is 19.4 Å². The van der Waals surface area contributed by atoms with E-state index in [9.17, 15) is 4.79 Å². The van der Waals surface area contributed by atoms with Gasteiger partial charge in [0, 0.05) is 31.2 Å². The number of rotatable bonds is 5. The second-order valence-corrected chi connectivity index (χ2v) is 6.14. The van der Waals surface area contributed by atoms with Gasteiger partial charge in [0.1, 0.15) is 0 Å². The first-order chi connectivity index (χ1) is 10.6. The standard InChI is InChI=1S/C17H20N2O2S/c1-19(2)17(21)22-16-8-6-13(7-9-16)11-18-15-5-3-4-14(10-15)12-20/h3-10,18,20H,11-12H2,1-2H3. The summed E-state index contributed by atoms with van der Waals surface area (Å²) in [6.07, 6.45) is 0. The number of amides is 1. The van der Waals surface area contributed by atoms with Crippen LogP contribution in [0.25, 0.3) is 0 Å². The molecule has 0 unspecified atom stereocenters. The summed E-state index contributed by atoms with van der Waals surface area (Å²) in [7, 11) is 3.49. The highest BCUT2D eigenvalue weighted by molar-refractivity contribution is 8.13. The minimum Gasteiger partial charge on any atom is -0.392 e. The first-order valence-electron chi connectivity index (χ1n) is 7.00. The lowest BCUT2D eigenvalue weighted by molar-refractivity contribution is 0.241. The van der Waals surface area contributed by atoms with Crippen LogP contribution in [0.1, 0.15) is 11.1 Å². The lowest BCUT2D eigenvalue weighted by atomic mass is 10.2. The van der Waals surface area contributed by atoms with Gasteiger partial charge in [-0.1, -0.05) is 24.3 Å². The molecule has 4 nitrogen and oxygen atoms in total. The van der Waals surface area contributed by atoms with Gasteiger partial charge in [-0.2, -0.15) is 0 Å². The summed E-state index contributed by atoms with van der Waals surface area (Å²) in [5.74, 6) is 0. The van der Waals surface area contributed by atoms with Gasteiger partial charge in [0.25, 0.3) is 5.24 Å². The molecule has 116 valence electrons. The van der Waals surface area contributed by atoms with Gasteiger partial charge in [0.05, 0.1) is 6.61 Å². The van der Waals surface area contributed by atoms with E-state index in [1.54, 1.807) is 19.0 Å². The molecular formula is C17H20N2O2S. The fourth-order valence-electron chi connectivity index (χ4n) is 1.85. The zero-order valence-electron chi connectivity index (χ0n) is 12.7. The van der Waals surface area contributed by atoms with Gasteiger partial charge in [0.2, 0.25) is 0 Å². The number of anilines is 1. The number of aliphatic hydroxyl groups excluding tert-OH is 1. The summed E-state index contributed by atoms with van der Waals surface area (Å²) < 4.78 is 0. The summed E-state index contributed by atoms with van der Waals surface area (Å²) in [5, 5.41) is 12.5. The number of aliphatic hydroxyl groups is 1. The highest BCUT2D eigenvalue weighted by Crippen LogP contribution is 2.21. The van der Waals surface area contributed by atoms with Gasteiger partial charge < -0.3 is 15.3 Å². The highest BCUT2D eigenvalue weighted by atomic mass is 32.2. The van der Waals surface area contributed by atoms with E-state index in [0.717, 1.165) is 21.7 Å². The summed E-state index contributed by atoms with van der Waals surface area (Å²) >= 11 is 1.22. The first kappa shape index (κ1) is 16.4. The summed E-state index contributed by atoms with van der Waals surface area (Å²) in [4.78, 5) is 14.1. The van der Waals surface area contributed by atoms with Crippen LogP contribution in [-0.2, 0) is 13.2 Å². The number of nitrogens with one attached hydrogen (secondary N) is 1. The molecule has 2 N–H and O–H groups in total. The van der Waals surface area contributed by atoms with Gasteiger partial charge in [-0.15, -0.1) is 0 Å². The Hall–Kier alpha value is -1.98. The van der Waals surface area contributed by atoms with Crippen molar-refractivity contribution in [1.82, 2.24) is 4.90 Å². The molecule has 0 aliphatic rings. The molecule has 0 bridgehead atoms. The Kier molecular flexibility index (Phi) is 5.86. The maximum absolute atomic E-state index is 11.6. The number of hydrogen-bond donors (Lipinski definition) is 2. The van der Waals surface area contributed by atoms with Crippen LogP contribution in [0.2, 0.25) is 0 Å². The topological polar surface area (TPSA) is 52.6 Å². The minimum atomic E-state index is 0.0201. The third kappa shape index (κ3) is 4.79. The third-order valence-electron chi connectivity index (χ3n) is 3.10.